The van der Waals surface area contributed by atoms with E-state index < -0.39 is 6.10 Å². The second-order valence-electron chi connectivity index (χ2n) is 2.94. The molecular formula is C9H20O3. The number of ether oxygens (including phenoxy) is 1. The van der Waals surface area contributed by atoms with Crippen LogP contribution in [0.25, 0.3) is 0 Å². The molecule has 0 fully saturated rings. The molecule has 0 radical (unpaired) electrons. The number of rotatable bonds is 8. The Bertz CT molecular complexity index is 85.8. The van der Waals surface area contributed by atoms with E-state index in [0.29, 0.717) is 6.42 Å². The van der Waals surface area contributed by atoms with Gasteiger partial charge in [0.1, 0.15) is 0 Å². The first kappa shape index (κ1) is 11.9. The summed E-state index contributed by atoms with van der Waals surface area (Å²) in [6.07, 6.45) is 3.07. The molecule has 74 valence electrons. The minimum atomic E-state index is -0.545. The van der Waals surface area contributed by atoms with Gasteiger partial charge in [-0.2, -0.15) is 0 Å². The van der Waals surface area contributed by atoms with Gasteiger partial charge in [0.25, 0.3) is 0 Å². The Morgan fingerprint density at radius 2 is 2.00 bits per heavy atom. The minimum Gasteiger partial charge on any atom is -0.394 e. The molecule has 0 heterocycles. The Kier molecular flexibility index (Phi) is 8.88. The highest BCUT2D eigenvalue weighted by atomic mass is 16.5. The molecule has 0 aromatic rings. The van der Waals surface area contributed by atoms with Crippen molar-refractivity contribution in [2.24, 2.45) is 0 Å². The summed E-state index contributed by atoms with van der Waals surface area (Å²) in [6, 6.07) is 0. The van der Waals surface area contributed by atoms with Crippen LogP contribution >= 0.6 is 0 Å². The highest BCUT2D eigenvalue weighted by molar-refractivity contribution is 4.52. The predicted octanol–water partition coefficient (Wildman–Crippen LogP) is 0.936. The van der Waals surface area contributed by atoms with E-state index in [4.69, 9.17) is 14.9 Å². The second kappa shape index (κ2) is 8.97. The van der Waals surface area contributed by atoms with E-state index in [9.17, 15) is 0 Å². The van der Waals surface area contributed by atoms with Gasteiger partial charge in [-0.3, -0.25) is 0 Å². The number of aliphatic hydroxyl groups is 2. The van der Waals surface area contributed by atoms with Crippen molar-refractivity contribution in [1.29, 1.82) is 0 Å². The molecule has 0 rings (SSSR count). The van der Waals surface area contributed by atoms with E-state index >= 15 is 0 Å². The molecule has 3 heteroatoms. The van der Waals surface area contributed by atoms with Crippen LogP contribution in [0.2, 0.25) is 0 Å². The smallest absolute Gasteiger partial charge is 0.0771 e. The molecule has 0 spiro atoms. The van der Waals surface area contributed by atoms with E-state index in [1.54, 1.807) is 0 Å². The maximum atomic E-state index is 8.97. The standard InChI is InChI=1S/C9H20O3/c1-2-6-12-7-4-3-5-9(11)8-10/h9-11H,2-8H2,1H3. The molecule has 0 aromatic carbocycles. The van der Waals surface area contributed by atoms with Crippen LogP contribution in [-0.2, 0) is 4.74 Å². The lowest BCUT2D eigenvalue weighted by molar-refractivity contribution is 0.0804. The molecule has 2 N–H and O–H groups in total. The van der Waals surface area contributed by atoms with E-state index in [0.717, 1.165) is 32.5 Å². The molecule has 1 atom stereocenters. The zero-order chi connectivity index (χ0) is 9.23. The van der Waals surface area contributed by atoms with E-state index in [1.165, 1.54) is 0 Å². The molecule has 0 aliphatic carbocycles. The van der Waals surface area contributed by atoms with Gasteiger partial charge in [-0.1, -0.05) is 6.92 Å². The van der Waals surface area contributed by atoms with Gasteiger partial charge >= 0.3 is 0 Å². The lowest BCUT2D eigenvalue weighted by Gasteiger charge is -2.06. The largest absolute Gasteiger partial charge is 0.394 e. The van der Waals surface area contributed by atoms with Crippen LogP contribution in [0.15, 0.2) is 0 Å². The van der Waals surface area contributed by atoms with E-state index in [2.05, 4.69) is 6.92 Å². The zero-order valence-electron chi connectivity index (χ0n) is 7.83. The summed E-state index contributed by atoms with van der Waals surface area (Å²) in [5, 5.41) is 17.5. The minimum absolute atomic E-state index is 0.129. The first-order valence-electron chi connectivity index (χ1n) is 4.68. The van der Waals surface area contributed by atoms with Crippen molar-refractivity contribution >= 4 is 0 Å². The van der Waals surface area contributed by atoms with Crippen LogP contribution < -0.4 is 0 Å². The van der Waals surface area contributed by atoms with Crippen LogP contribution in [0.5, 0.6) is 0 Å². The third-order valence-corrected chi connectivity index (χ3v) is 1.64. The Morgan fingerprint density at radius 3 is 2.58 bits per heavy atom. The van der Waals surface area contributed by atoms with E-state index in [-0.39, 0.29) is 6.61 Å². The molecule has 0 saturated heterocycles. The van der Waals surface area contributed by atoms with Crippen molar-refractivity contribution < 1.29 is 14.9 Å². The maximum absolute atomic E-state index is 8.97. The molecular weight excluding hydrogens is 156 g/mol. The van der Waals surface area contributed by atoms with Crippen LogP contribution in [0, 0.1) is 0 Å². The SMILES string of the molecule is CCCOCCCCC(O)CO. The molecule has 3 nitrogen and oxygen atoms in total. The molecule has 0 saturated carbocycles. The van der Waals surface area contributed by atoms with Gasteiger partial charge in [0.05, 0.1) is 12.7 Å². The topological polar surface area (TPSA) is 49.7 Å². The van der Waals surface area contributed by atoms with E-state index in [1.807, 2.05) is 0 Å². The summed E-state index contributed by atoms with van der Waals surface area (Å²) in [5.74, 6) is 0. The van der Waals surface area contributed by atoms with Crippen molar-refractivity contribution in [1.82, 2.24) is 0 Å². The third-order valence-electron chi connectivity index (χ3n) is 1.64. The molecule has 0 amide bonds. The molecule has 12 heavy (non-hydrogen) atoms. The van der Waals surface area contributed by atoms with Crippen LogP contribution in [0.4, 0.5) is 0 Å². The summed E-state index contributed by atoms with van der Waals surface area (Å²) in [4.78, 5) is 0. The summed E-state index contributed by atoms with van der Waals surface area (Å²) in [7, 11) is 0. The number of hydrogen-bond donors (Lipinski definition) is 2. The second-order valence-corrected chi connectivity index (χ2v) is 2.94. The van der Waals surface area contributed by atoms with Crippen molar-refractivity contribution in [3.63, 3.8) is 0 Å². The monoisotopic (exact) mass is 176 g/mol. The fourth-order valence-electron chi connectivity index (χ4n) is 0.922. The number of unbranched alkanes of at least 4 members (excludes halogenated alkanes) is 1. The van der Waals surface area contributed by atoms with Gasteiger partial charge in [0, 0.05) is 13.2 Å². The highest BCUT2D eigenvalue weighted by Gasteiger charge is 2.00. The van der Waals surface area contributed by atoms with Crippen LogP contribution in [0.1, 0.15) is 32.6 Å². The normalized spacial score (nSPS) is 13.2. The quantitative estimate of drug-likeness (QED) is 0.541. The predicted molar refractivity (Wildman–Crippen MR) is 48.1 cm³/mol. The van der Waals surface area contributed by atoms with Gasteiger partial charge < -0.3 is 14.9 Å². The van der Waals surface area contributed by atoms with Crippen molar-refractivity contribution in [3.05, 3.63) is 0 Å². The number of aliphatic hydroxyl groups excluding tert-OH is 2. The Hall–Kier alpha value is -0.120. The average Bonchev–Trinajstić information content (AvgIpc) is 2.10. The summed E-state index contributed by atoms with van der Waals surface area (Å²) in [5.41, 5.74) is 0. The third kappa shape index (κ3) is 7.98. The van der Waals surface area contributed by atoms with Crippen molar-refractivity contribution in [2.45, 2.75) is 38.7 Å². The van der Waals surface area contributed by atoms with Gasteiger partial charge in [-0.15, -0.1) is 0 Å². The Morgan fingerprint density at radius 1 is 1.25 bits per heavy atom. The van der Waals surface area contributed by atoms with Crippen LogP contribution in [0.3, 0.4) is 0 Å². The number of hydrogen-bond acceptors (Lipinski definition) is 3. The van der Waals surface area contributed by atoms with Gasteiger partial charge in [0.2, 0.25) is 0 Å². The maximum Gasteiger partial charge on any atom is 0.0771 e. The summed E-state index contributed by atoms with van der Waals surface area (Å²) in [6.45, 7) is 3.54. The Labute approximate surface area is 74.4 Å². The molecule has 0 aromatic heterocycles. The fourth-order valence-corrected chi connectivity index (χ4v) is 0.922. The molecule has 1 unspecified atom stereocenters. The van der Waals surface area contributed by atoms with Crippen molar-refractivity contribution in [3.8, 4) is 0 Å². The van der Waals surface area contributed by atoms with Crippen LogP contribution in [-0.4, -0.2) is 36.1 Å². The van der Waals surface area contributed by atoms with Gasteiger partial charge in [0.15, 0.2) is 0 Å². The fraction of sp³-hybridized carbons (Fsp3) is 1.00. The lowest BCUT2D eigenvalue weighted by Crippen LogP contribution is -2.11. The summed E-state index contributed by atoms with van der Waals surface area (Å²) >= 11 is 0. The van der Waals surface area contributed by atoms with Crippen molar-refractivity contribution in [2.75, 3.05) is 19.8 Å². The molecule has 0 bridgehead atoms. The highest BCUT2D eigenvalue weighted by Crippen LogP contribution is 2.00. The summed E-state index contributed by atoms with van der Waals surface area (Å²) < 4.78 is 5.25. The first-order chi connectivity index (χ1) is 5.81. The van der Waals surface area contributed by atoms with Gasteiger partial charge in [-0.25, -0.2) is 0 Å². The zero-order valence-corrected chi connectivity index (χ0v) is 7.83. The molecule has 0 aliphatic rings. The first-order valence-corrected chi connectivity index (χ1v) is 4.68. The molecule has 0 aliphatic heterocycles. The van der Waals surface area contributed by atoms with Gasteiger partial charge in [-0.05, 0) is 25.7 Å². The Balaban J connectivity index is 2.90. The average molecular weight is 176 g/mol. The lowest BCUT2D eigenvalue weighted by atomic mass is 10.2.